The molecule has 0 aliphatic rings. The highest BCUT2D eigenvalue weighted by Gasteiger charge is 2.33. The highest BCUT2D eigenvalue weighted by molar-refractivity contribution is 9.09. The van der Waals surface area contributed by atoms with Crippen molar-refractivity contribution >= 4 is 15.9 Å². The van der Waals surface area contributed by atoms with Gasteiger partial charge in [-0.1, -0.05) is 27.8 Å². The Hall–Kier alpha value is -1.15. The molecule has 5 heteroatoms. The molecule has 0 aliphatic heterocycles. The van der Waals surface area contributed by atoms with E-state index in [0.717, 1.165) is 12.1 Å². The quantitative estimate of drug-likeness (QED) is 0.571. The van der Waals surface area contributed by atoms with Gasteiger partial charge in [0, 0.05) is 5.56 Å². The van der Waals surface area contributed by atoms with Gasteiger partial charge in [0.15, 0.2) is 0 Å². The molecule has 0 saturated heterocycles. The number of hydrogen-bond donors (Lipinski definition) is 1. The van der Waals surface area contributed by atoms with Crippen LogP contribution in [0.5, 0.6) is 5.75 Å². The molecule has 1 nitrogen and oxygen atoms in total. The molecule has 0 unspecified atom stereocenters. The topological polar surface area (TPSA) is 20.2 Å². The van der Waals surface area contributed by atoms with Gasteiger partial charge in [0.1, 0.15) is 5.75 Å². The Balaban J connectivity index is 3.17. The number of rotatable bonds is 0. The van der Waals surface area contributed by atoms with Crippen molar-refractivity contribution in [3.8, 4) is 17.6 Å². The van der Waals surface area contributed by atoms with Crippen LogP contribution in [0.3, 0.4) is 0 Å². The number of phenols is 1. The highest BCUT2D eigenvalue weighted by atomic mass is 79.9. The molecule has 0 spiro atoms. The molecular weight excluding hydrogens is 273 g/mol. The van der Waals surface area contributed by atoms with Crippen LogP contribution in [0, 0.1) is 11.8 Å². The SMILES string of the molecule is Oc1ccc(C#CCBr)cc1C(F)(F)F. The van der Waals surface area contributed by atoms with Crippen molar-refractivity contribution in [2.45, 2.75) is 6.18 Å². The molecule has 0 atom stereocenters. The first-order valence-electron chi connectivity index (χ1n) is 3.90. The monoisotopic (exact) mass is 278 g/mol. The van der Waals surface area contributed by atoms with E-state index in [2.05, 4.69) is 27.8 Å². The third-order valence-corrected chi connectivity index (χ3v) is 1.88. The first-order valence-corrected chi connectivity index (χ1v) is 5.02. The predicted molar refractivity (Wildman–Crippen MR) is 53.8 cm³/mol. The Bertz CT molecular complexity index is 415. The van der Waals surface area contributed by atoms with Crippen molar-refractivity contribution < 1.29 is 18.3 Å². The van der Waals surface area contributed by atoms with Crippen LogP contribution < -0.4 is 0 Å². The van der Waals surface area contributed by atoms with E-state index in [-0.39, 0.29) is 5.56 Å². The molecule has 0 aromatic heterocycles. The second kappa shape index (κ2) is 4.58. The summed E-state index contributed by atoms with van der Waals surface area (Å²) in [6, 6.07) is 3.15. The molecule has 0 aliphatic carbocycles. The zero-order valence-electron chi connectivity index (χ0n) is 7.40. The summed E-state index contributed by atoms with van der Waals surface area (Å²) in [4.78, 5) is 0. The molecule has 0 heterocycles. The van der Waals surface area contributed by atoms with Crippen LogP contribution in [0.2, 0.25) is 0 Å². The van der Waals surface area contributed by atoms with Crippen molar-refractivity contribution in [2.24, 2.45) is 0 Å². The van der Waals surface area contributed by atoms with Crippen molar-refractivity contribution in [1.29, 1.82) is 0 Å². The van der Waals surface area contributed by atoms with E-state index >= 15 is 0 Å². The van der Waals surface area contributed by atoms with E-state index in [1.807, 2.05) is 0 Å². The van der Waals surface area contributed by atoms with Crippen molar-refractivity contribution in [3.05, 3.63) is 29.3 Å². The third kappa shape index (κ3) is 3.17. The Kier molecular flexibility index (Phi) is 3.64. The average Bonchev–Trinajstić information content (AvgIpc) is 2.15. The van der Waals surface area contributed by atoms with Gasteiger partial charge in [-0.25, -0.2) is 0 Å². The van der Waals surface area contributed by atoms with Crippen LogP contribution in [0.15, 0.2) is 18.2 Å². The summed E-state index contributed by atoms with van der Waals surface area (Å²) in [7, 11) is 0. The van der Waals surface area contributed by atoms with Crippen LogP contribution in [0.4, 0.5) is 13.2 Å². The van der Waals surface area contributed by atoms with E-state index in [4.69, 9.17) is 5.11 Å². The Morgan fingerprint density at radius 3 is 2.53 bits per heavy atom. The van der Waals surface area contributed by atoms with Crippen LogP contribution >= 0.6 is 15.9 Å². The van der Waals surface area contributed by atoms with Gasteiger partial charge in [-0.15, -0.1) is 0 Å². The second-order valence-electron chi connectivity index (χ2n) is 2.67. The molecule has 1 aromatic carbocycles. The third-order valence-electron chi connectivity index (χ3n) is 1.60. The summed E-state index contributed by atoms with van der Waals surface area (Å²) < 4.78 is 37.0. The van der Waals surface area contributed by atoms with E-state index in [1.54, 1.807) is 0 Å². The highest BCUT2D eigenvalue weighted by Crippen LogP contribution is 2.35. The molecule has 0 fully saturated rings. The smallest absolute Gasteiger partial charge is 0.419 e. The Morgan fingerprint density at radius 2 is 2.00 bits per heavy atom. The van der Waals surface area contributed by atoms with Gasteiger partial charge in [-0.2, -0.15) is 13.2 Å². The number of aromatic hydroxyl groups is 1. The van der Waals surface area contributed by atoms with Crippen LogP contribution in [-0.2, 0) is 6.18 Å². The molecule has 0 bridgehead atoms. The summed E-state index contributed by atoms with van der Waals surface area (Å²) in [5, 5.41) is 9.40. The standard InChI is InChI=1S/C10H6BrF3O/c11-5-1-2-7-3-4-9(15)8(6-7)10(12,13)14/h3-4,6,15H,5H2. The number of hydrogen-bond acceptors (Lipinski definition) is 1. The summed E-state index contributed by atoms with van der Waals surface area (Å²) in [6.07, 6.45) is -4.56. The molecule has 15 heavy (non-hydrogen) atoms. The zero-order valence-corrected chi connectivity index (χ0v) is 8.98. The lowest BCUT2D eigenvalue weighted by atomic mass is 10.1. The van der Waals surface area contributed by atoms with Crippen LogP contribution in [-0.4, -0.2) is 10.4 Å². The average molecular weight is 279 g/mol. The van der Waals surface area contributed by atoms with Crippen molar-refractivity contribution in [1.82, 2.24) is 0 Å². The number of halogens is 4. The van der Waals surface area contributed by atoms with Crippen molar-refractivity contribution in [3.63, 3.8) is 0 Å². The second-order valence-corrected chi connectivity index (χ2v) is 3.23. The van der Waals surface area contributed by atoms with Gasteiger partial charge in [0.25, 0.3) is 0 Å². The lowest BCUT2D eigenvalue weighted by molar-refractivity contribution is -0.138. The summed E-state index contributed by atoms with van der Waals surface area (Å²) >= 11 is 3.03. The molecule has 0 radical (unpaired) electrons. The van der Waals surface area contributed by atoms with Crippen LogP contribution in [0.25, 0.3) is 0 Å². The lowest BCUT2D eigenvalue weighted by Crippen LogP contribution is -2.05. The molecule has 1 rings (SSSR count). The van der Waals surface area contributed by atoms with Gasteiger partial charge < -0.3 is 5.11 Å². The van der Waals surface area contributed by atoms with E-state index < -0.39 is 17.5 Å². The van der Waals surface area contributed by atoms with Gasteiger partial charge in [0.05, 0.1) is 10.9 Å². The predicted octanol–water partition coefficient (Wildman–Crippen LogP) is 3.16. The van der Waals surface area contributed by atoms with Crippen LogP contribution in [0.1, 0.15) is 11.1 Å². The Morgan fingerprint density at radius 1 is 1.33 bits per heavy atom. The van der Waals surface area contributed by atoms with Gasteiger partial charge >= 0.3 is 6.18 Å². The lowest BCUT2D eigenvalue weighted by Gasteiger charge is -2.08. The van der Waals surface area contributed by atoms with E-state index in [9.17, 15) is 13.2 Å². The molecular formula is C10H6BrF3O. The summed E-state index contributed by atoms with van der Waals surface area (Å²) in [5.74, 6) is 4.32. The Labute approximate surface area is 93.0 Å². The number of benzene rings is 1. The molecule has 0 saturated carbocycles. The maximum atomic E-state index is 12.3. The summed E-state index contributed by atoms with van der Waals surface area (Å²) in [5.41, 5.74) is -0.844. The maximum absolute atomic E-state index is 12.3. The zero-order chi connectivity index (χ0) is 11.5. The van der Waals surface area contributed by atoms with E-state index in [0.29, 0.717) is 5.33 Å². The van der Waals surface area contributed by atoms with Gasteiger partial charge in [-0.05, 0) is 18.2 Å². The minimum absolute atomic E-state index is 0.222. The van der Waals surface area contributed by atoms with E-state index in [1.165, 1.54) is 6.07 Å². The fraction of sp³-hybridized carbons (Fsp3) is 0.200. The maximum Gasteiger partial charge on any atom is 0.419 e. The fourth-order valence-electron chi connectivity index (χ4n) is 0.976. The van der Waals surface area contributed by atoms with Gasteiger partial charge in [0.2, 0.25) is 0 Å². The van der Waals surface area contributed by atoms with Crippen molar-refractivity contribution in [2.75, 3.05) is 5.33 Å². The molecule has 0 amide bonds. The number of phenolic OH excluding ortho intramolecular Hbond substituents is 1. The first-order chi connectivity index (χ1) is 6.95. The first kappa shape index (κ1) is 11.9. The molecule has 1 N–H and O–H groups in total. The largest absolute Gasteiger partial charge is 0.507 e. The fourth-order valence-corrected chi connectivity index (χ4v) is 1.12. The minimum Gasteiger partial charge on any atom is -0.507 e. The molecule has 1 aromatic rings. The summed E-state index contributed by atoms with van der Waals surface area (Å²) in [6.45, 7) is 0. The van der Waals surface area contributed by atoms with Gasteiger partial charge in [-0.3, -0.25) is 0 Å². The normalized spacial score (nSPS) is 10.7. The molecule has 80 valence electrons. The number of alkyl halides is 4. The minimum atomic E-state index is -4.56.